The van der Waals surface area contributed by atoms with Crippen LogP contribution in [0.15, 0.2) is 24.3 Å². The Bertz CT molecular complexity index is 415. The van der Waals surface area contributed by atoms with Crippen LogP contribution in [-0.4, -0.2) is 5.91 Å². The molecule has 1 aromatic rings. The Hall–Kier alpha value is -1.79. The van der Waals surface area contributed by atoms with Crippen LogP contribution in [0.2, 0.25) is 0 Å². The molecular weight excluding hydrogens is 200 g/mol. The molecule has 84 valence electrons. The minimum atomic E-state index is -0.305. The normalized spacial score (nSPS) is 9.12. The Labute approximate surface area is 96.0 Å². The highest BCUT2D eigenvalue weighted by Gasteiger charge is 2.06. The summed E-state index contributed by atoms with van der Waals surface area (Å²) in [6, 6.07) is 7.19. The lowest BCUT2D eigenvalue weighted by Gasteiger charge is -2.01. The van der Waals surface area contributed by atoms with Gasteiger partial charge in [-0.2, -0.15) is 0 Å². The fraction of sp³-hybridized carbons (Fsp3) is 0.308. The van der Waals surface area contributed by atoms with Gasteiger partial charge in [-0.1, -0.05) is 37.3 Å². The zero-order chi connectivity index (χ0) is 11.8. The molecule has 3 nitrogen and oxygen atoms in total. The van der Waals surface area contributed by atoms with Crippen molar-refractivity contribution in [2.24, 2.45) is 5.84 Å². The van der Waals surface area contributed by atoms with Crippen LogP contribution >= 0.6 is 0 Å². The summed E-state index contributed by atoms with van der Waals surface area (Å²) in [6.07, 6.45) is 3.06. The number of hydrogen-bond donors (Lipinski definition) is 2. The predicted molar refractivity (Wildman–Crippen MR) is 64.5 cm³/mol. The van der Waals surface area contributed by atoms with Gasteiger partial charge in [0.2, 0.25) is 0 Å². The molecule has 0 aliphatic carbocycles. The topological polar surface area (TPSA) is 55.1 Å². The molecule has 0 saturated carbocycles. The molecule has 0 unspecified atom stereocenters. The number of carbonyl (C=O) groups excluding carboxylic acids is 1. The molecule has 3 N–H and O–H groups in total. The lowest BCUT2D eigenvalue weighted by Crippen LogP contribution is -2.30. The van der Waals surface area contributed by atoms with Crippen LogP contribution < -0.4 is 11.3 Å². The van der Waals surface area contributed by atoms with Gasteiger partial charge in [-0.25, -0.2) is 5.84 Å². The predicted octanol–water partition coefficient (Wildman–Crippen LogP) is 1.83. The molecule has 0 aliphatic rings. The number of unbranched alkanes of at least 4 members (excludes halogenated alkanes) is 2. The average molecular weight is 216 g/mol. The number of benzene rings is 1. The average Bonchev–Trinajstić information content (AvgIpc) is 2.34. The van der Waals surface area contributed by atoms with Crippen molar-refractivity contribution >= 4 is 5.91 Å². The van der Waals surface area contributed by atoms with Gasteiger partial charge in [0.15, 0.2) is 0 Å². The number of nitrogen functional groups attached to an aromatic ring is 1. The van der Waals surface area contributed by atoms with E-state index in [1.807, 2.05) is 12.1 Å². The molecule has 0 bridgehead atoms. The van der Waals surface area contributed by atoms with E-state index in [4.69, 9.17) is 5.84 Å². The van der Waals surface area contributed by atoms with Gasteiger partial charge in [0, 0.05) is 12.0 Å². The van der Waals surface area contributed by atoms with Crippen molar-refractivity contribution in [2.45, 2.75) is 26.2 Å². The molecule has 0 heterocycles. The number of nitrogens with two attached hydrogens (primary N) is 1. The highest BCUT2D eigenvalue weighted by atomic mass is 16.2. The summed E-state index contributed by atoms with van der Waals surface area (Å²) >= 11 is 0. The maximum atomic E-state index is 11.4. The number of carbonyl (C=O) groups is 1. The van der Waals surface area contributed by atoms with Crippen molar-refractivity contribution in [3.05, 3.63) is 35.4 Å². The maximum absolute atomic E-state index is 11.4. The summed E-state index contributed by atoms with van der Waals surface area (Å²) < 4.78 is 0. The van der Waals surface area contributed by atoms with Crippen molar-refractivity contribution in [1.82, 2.24) is 5.43 Å². The van der Waals surface area contributed by atoms with E-state index in [2.05, 4.69) is 24.2 Å². The van der Waals surface area contributed by atoms with Crippen molar-refractivity contribution < 1.29 is 4.79 Å². The zero-order valence-corrected chi connectivity index (χ0v) is 9.42. The van der Waals surface area contributed by atoms with E-state index in [0.29, 0.717) is 5.56 Å². The lowest BCUT2D eigenvalue weighted by atomic mass is 10.1. The third-order valence-electron chi connectivity index (χ3n) is 2.18. The summed E-state index contributed by atoms with van der Waals surface area (Å²) in [6.45, 7) is 2.12. The number of rotatable bonds is 3. The van der Waals surface area contributed by atoms with Crippen LogP contribution in [0.3, 0.4) is 0 Å². The largest absolute Gasteiger partial charge is 0.290 e. The molecule has 0 aromatic heterocycles. The Morgan fingerprint density at radius 3 is 2.88 bits per heavy atom. The summed E-state index contributed by atoms with van der Waals surface area (Å²) in [5.74, 6) is 10.8. The summed E-state index contributed by atoms with van der Waals surface area (Å²) in [5, 5.41) is 0. The quantitative estimate of drug-likeness (QED) is 0.266. The van der Waals surface area contributed by atoms with Gasteiger partial charge in [0.05, 0.1) is 5.56 Å². The van der Waals surface area contributed by atoms with Crippen LogP contribution in [0.5, 0.6) is 0 Å². The molecule has 1 aromatic carbocycles. The fourth-order valence-corrected chi connectivity index (χ4v) is 1.29. The van der Waals surface area contributed by atoms with Crippen LogP contribution in [0, 0.1) is 11.8 Å². The number of amides is 1. The summed E-state index contributed by atoms with van der Waals surface area (Å²) in [4.78, 5) is 11.4. The summed E-state index contributed by atoms with van der Waals surface area (Å²) in [7, 11) is 0. The monoisotopic (exact) mass is 216 g/mol. The number of hydrogen-bond acceptors (Lipinski definition) is 2. The van der Waals surface area contributed by atoms with Gasteiger partial charge in [-0.3, -0.25) is 10.2 Å². The Kier molecular flexibility index (Phi) is 5.10. The molecule has 16 heavy (non-hydrogen) atoms. The molecule has 0 spiro atoms. The Morgan fingerprint density at radius 1 is 1.44 bits per heavy atom. The molecule has 3 heteroatoms. The molecule has 0 aliphatic heterocycles. The van der Waals surface area contributed by atoms with Crippen molar-refractivity contribution in [2.75, 3.05) is 0 Å². The van der Waals surface area contributed by atoms with E-state index in [0.717, 1.165) is 24.8 Å². The minimum absolute atomic E-state index is 0.305. The molecule has 0 saturated heterocycles. The van der Waals surface area contributed by atoms with Crippen molar-refractivity contribution in [3.63, 3.8) is 0 Å². The third-order valence-corrected chi connectivity index (χ3v) is 2.18. The van der Waals surface area contributed by atoms with Gasteiger partial charge in [-0.05, 0) is 18.6 Å². The minimum Gasteiger partial charge on any atom is -0.290 e. The second kappa shape index (κ2) is 6.65. The SMILES string of the molecule is CCCCC#Cc1ccccc1C(=O)NN. The van der Waals surface area contributed by atoms with E-state index in [1.165, 1.54) is 0 Å². The van der Waals surface area contributed by atoms with E-state index in [-0.39, 0.29) is 5.91 Å². The van der Waals surface area contributed by atoms with Gasteiger partial charge in [0.1, 0.15) is 0 Å². The molecule has 1 rings (SSSR count). The Morgan fingerprint density at radius 2 is 2.19 bits per heavy atom. The molecule has 0 fully saturated rings. The fourth-order valence-electron chi connectivity index (χ4n) is 1.29. The first-order valence-electron chi connectivity index (χ1n) is 5.38. The lowest BCUT2D eigenvalue weighted by molar-refractivity contribution is 0.0953. The zero-order valence-electron chi connectivity index (χ0n) is 9.42. The second-order valence-corrected chi connectivity index (χ2v) is 3.42. The van der Waals surface area contributed by atoms with Gasteiger partial charge >= 0.3 is 0 Å². The van der Waals surface area contributed by atoms with Crippen LogP contribution in [0.4, 0.5) is 0 Å². The standard InChI is InChI=1S/C13H16N2O/c1-2-3-4-5-8-11-9-6-7-10-12(11)13(16)15-14/h6-7,9-10H,2-4,14H2,1H3,(H,15,16). The number of nitrogens with one attached hydrogen (secondary N) is 1. The van der Waals surface area contributed by atoms with Crippen molar-refractivity contribution in [3.8, 4) is 11.8 Å². The van der Waals surface area contributed by atoms with Crippen LogP contribution in [0.25, 0.3) is 0 Å². The van der Waals surface area contributed by atoms with Crippen molar-refractivity contribution in [1.29, 1.82) is 0 Å². The first kappa shape index (κ1) is 12.3. The second-order valence-electron chi connectivity index (χ2n) is 3.42. The van der Waals surface area contributed by atoms with Crippen LogP contribution in [0.1, 0.15) is 42.1 Å². The maximum Gasteiger partial charge on any atom is 0.266 e. The first-order valence-corrected chi connectivity index (χ1v) is 5.38. The molecule has 0 radical (unpaired) electrons. The third kappa shape index (κ3) is 3.41. The van der Waals surface area contributed by atoms with Gasteiger partial charge < -0.3 is 0 Å². The highest BCUT2D eigenvalue weighted by molar-refractivity contribution is 5.96. The molecule has 0 atom stereocenters. The molecular formula is C13H16N2O. The van der Waals surface area contributed by atoms with E-state index in [9.17, 15) is 4.79 Å². The Balaban J connectivity index is 2.85. The highest BCUT2D eigenvalue weighted by Crippen LogP contribution is 2.06. The van der Waals surface area contributed by atoms with Gasteiger partial charge in [0.25, 0.3) is 5.91 Å². The summed E-state index contributed by atoms with van der Waals surface area (Å²) in [5.41, 5.74) is 3.36. The van der Waals surface area contributed by atoms with Crippen LogP contribution in [-0.2, 0) is 0 Å². The molecule has 1 amide bonds. The number of hydrazine groups is 1. The first-order chi connectivity index (χ1) is 7.79. The van der Waals surface area contributed by atoms with E-state index in [1.54, 1.807) is 12.1 Å². The van der Waals surface area contributed by atoms with E-state index < -0.39 is 0 Å². The van der Waals surface area contributed by atoms with E-state index >= 15 is 0 Å². The smallest absolute Gasteiger partial charge is 0.266 e. The van der Waals surface area contributed by atoms with Gasteiger partial charge in [-0.15, -0.1) is 0 Å².